The molecular weight excluding hydrogens is 259 g/mol. The summed E-state index contributed by atoms with van der Waals surface area (Å²) in [5.74, 6) is 0. The van der Waals surface area contributed by atoms with Gasteiger partial charge in [-0.15, -0.1) is 0 Å². The maximum Gasteiger partial charge on any atom is 0.401 e. The largest absolute Gasteiger partial charge is 0.401 e. The smallest absolute Gasteiger partial charge is 0.307 e. The lowest BCUT2D eigenvalue weighted by Gasteiger charge is -2.11. The van der Waals surface area contributed by atoms with E-state index in [9.17, 15) is 18.0 Å². The number of para-hydroxylation sites is 1. The van der Waals surface area contributed by atoms with Crippen molar-refractivity contribution < 1.29 is 13.2 Å². The molecule has 0 aliphatic rings. The SMILES string of the molecule is O=c1cnn(CCNCC(F)(F)F)c2ccccc12. The minimum Gasteiger partial charge on any atom is -0.307 e. The van der Waals surface area contributed by atoms with Crippen molar-refractivity contribution in [3.8, 4) is 0 Å². The highest BCUT2D eigenvalue weighted by Gasteiger charge is 2.25. The quantitative estimate of drug-likeness (QED) is 0.858. The van der Waals surface area contributed by atoms with Gasteiger partial charge < -0.3 is 5.32 Å². The zero-order valence-corrected chi connectivity index (χ0v) is 9.94. The maximum absolute atomic E-state index is 12.0. The van der Waals surface area contributed by atoms with Crippen LogP contribution in [-0.4, -0.2) is 29.0 Å². The first-order chi connectivity index (χ1) is 8.97. The van der Waals surface area contributed by atoms with Crippen molar-refractivity contribution in [2.45, 2.75) is 12.7 Å². The van der Waals surface area contributed by atoms with Gasteiger partial charge >= 0.3 is 6.18 Å². The van der Waals surface area contributed by atoms with Gasteiger partial charge in [0.05, 0.1) is 24.8 Å². The second-order valence-corrected chi connectivity index (χ2v) is 4.04. The molecule has 0 unspecified atom stereocenters. The van der Waals surface area contributed by atoms with Gasteiger partial charge in [0.25, 0.3) is 0 Å². The van der Waals surface area contributed by atoms with Gasteiger partial charge in [0.15, 0.2) is 0 Å². The Balaban J connectivity index is 2.09. The Morgan fingerprint density at radius 1 is 1.26 bits per heavy atom. The Kier molecular flexibility index (Phi) is 3.84. The van der Waals surface area contributed by atoms with E-state index in [4.69, 9.17) is 0 Å². The summed E-state index contributed by atoms with van der Waals surface area (Å²) in [4.78, 5) is 11.6. The molecular formula is C12H12F3N3O. The first-order valence-electron chi connectivity index (χ1n) is 5.70. The molecule has 0 spiro atoms. The number of halogens is 3. The molecule has 0 radical (unpaired) electrons. The summed E-state index contributed by atoms with van der Waals surface area (Å²) in [6.07, 6.45) is -3.05. The molecule has 0 amide bonds. The van der Waals surface area contributed by atoms with Gasteiger partial charge in [0.2, 0.25) is 5.43 Å². The molecule has 1 N–H and O–H groups in total. The fourth-order valence-corrected chi connectivity index (χ4v) is 1.75. The third kappa shape index (κ3) is 3.54. The standard InChI is InChI=1S/C12H12F3N3O/c13-12(14,15)8-16-5-6-18-10-4-2-1-3-9(10)11(19)7-17-18/h1-4,7,16H,5-6,8H2. The zero-order valence-electron chi connectivity index (χ0n) is 9.94. The Morgan fingerprint density at radius 2 is 2.00 bits per heavy atom. The number of hydrogen-bond acceptors (Lipinski definition) is 3. The first kappa shape index (κ1) is 13.5. The van der Waals surface area contributed by atoms with Crippen LogP contribution in [0.4, 0.5) is 13.2 Å². The molecule has 1 aromatic heterocycles. The molecule has 0 saturated heterocycles. The van der Waals surface area contributed by atoms with Gasteiger partial charge in [0.1, 0.15) is 0 Å². The maximum atomic E-state index is 12.0. The third-order valence-electron chi connectivity index (χ3n) is 2.59. The van der Waals surface area contributed by atoms with E-state index in [1.54, 1.807) is 24.3 Å². The Morgan fingerprint density at radius 3 is 2.74 bits per heavy atom. The highest BCUT2D eigenvalue weighted by atomic mass is 19.4. The Hall–Kier alpha value is -1.89. The van der Waals surface area contributed by atoms with Crippen LogP contribution in [0.2, 0.25) is 0 Å². The average Bonchev–Trinajstić information content (AvgIpc) is 2.36. The minimum absolute atomic E-state index is 0.124. The van der Waals surface area contributed by atoms with E-state index in [0.29, 0.717) is 10.9 Å². The predicted octanol–water partition coefficient (Wildman–Crippen LogP) is 1.55. The number of benzene rings is 1. The predicted molar refractivity (Wildman–Crippen MR) is 64.9 cm³/mol. The summed E-state index contributed by atoms with van der Waals surface area (Å²) in [7, 11) is 0. The summed E-state index contributed by atoms with van der Waals surface area (Å²) in [6, 6.07) is 6.87. The van der Waals surface area contributed by atoms with Crippen LogP contribution >= 0.6 is 0 Å². The van der Waals surface area contributed by atoms with Crippen molar-refractivity contribution in [2.24, 2.45) is 0 Å². The van der Waals surface area contributed by atoms with Crippen LogP contribution < -0.4 is 10.7 Å². The van der Waals surface area contributed by atoms with Crippen LogP contribution in [0.5, 0.6) is 0 Å². The van der Waals surface area contributed by atoms with Crippen LogP contribution in [0.25, 0.3) is 10.9 Å². The topological polar surface area (TPSA) is 46.9 Å². The highest BCUT2D eigenvalue weighted by Crippen LogP contribution is 2.12. The normalized spacial score (nSPS) is 11.9. The molecule has 0 fully saturated rings. The molecule has 0 atom stereocenters. The van der Waals surface area contributed by atoms with Crippen LogP contribution in [0.15, 0.2) is 35.3 Å². The minimum atomic E-state index is -4.22. The van der Waals surface area contributed by atoms with E-state index in [2.05, 4.69) is 10.4 Å². The van der Waals surface area contributed by atoms with E-state index >= 15 is 0 Å². The third-order valence-corrected chi connectivity index (χ3v) is 2.59. The second kappa shape index (κ2) is 5.40. The molecule has 0 saturated carbocycles. The number of rotatable bonds is 4. The lowest BCUT2D eigenvalue weighted by Crippen LogP contribution is -2.31. The van der Waals surface area contributed by atoms with Crippen molar-refractivity contribution in [3.63, 3.8) is 0 Å². The number of nitrogens with one attached hydrogen (secondary N) is 1. The number of aromatic nitrogens is 2. The fourth-order valence-electron chi connectivity index (χ4n) is 1.75. The molecule has 7 heteroatoms. The van der Waals surface area contributed by atoms with Gasteiger partial charge in [-0.3, -0.25) is 9.48 Å². The number of nitrogens with zero attached hydrogens (tertiary/aromatic N) is 2. The average molecular weight is 271 g/mol. The molecule has 4 nitrogen and oxygen atoms in total. The van der Waals surface area contributed by atoms with Crippen molar-refractivity contribution >= 4 is 10.9 Å². The molecule has 0 bridgehead atoms. The summed E-state index contributed by atoms with van der Waals surface area (Å²) >= 11 is 0. The summed E-state index contributed by atoms with van der Waals surface area (Å²) in [5.41, 5.74) is 0.416. The van der Waals surface area contributed by atoms with Crippen molar-refractivity contribution in [1.82, 2.24) is 15.1 Å². The van der Waals surface area contributed by atoms with Gasteiger partial charge in [-0.05, 0) is 12.1 Å². The van der Waals surface area contributed by atoms with Gasteiger partial charge in [0, 0.05) is 11.9 Å². The van der Waals surface area contributed by atoms with Crippen LogP contribution in [0.3, 0.4) is 0 Å². The molecule has 0 aliphatic carbocycles. The van der Waals surface area contributed by atoms with Crippen molar-refractivity contribution in [3.05, 3.63) is 40.7 Å². The van der Waals surface area contributed by atoms with E-state index in [1.807, 2.05) is 0 Å². The molecule has 2 rings (SSSR count). The van der Waals surface area contributed by atoms with E-state index < -0.39 is 12.7 Å². The van der Waals surface area contributed by atoms with Gasteiger partial charge in [-0.2, -0.15) is 18.3 Å². The molecule has 2 aromatic rings. The monoisotopic (exact) mass is 271 g/mol. The van der Waals surface area contributed by atoms with E-state index in [1.165, 1.54) is 10.9 Å². The number of fused-ring (bicyclic) bond motifs is 1. The van der Waals surface area contributed by atoms with Gasteiger partial charge in [-0.1, -0.05) is 12.1 Å². The van der Waals surface area contributed by atoms with Gasteiger partial charge in [-0.25, -0.2) is 0 Å². The van der Waals surface area contributed by atoms with Crippen LogP contribution in [0, 0.1) is 0 Å². The Bertz CT molecular complexity index is 621. The fraction of sp³-hybridized carbons (Fsp3) is 0.333. The van der Waals surface area contributed by atoms with Crippen LogP contribution in [0.1, 0.15) is 0 Å². The molecule has 102 valence electrons. The Labute approximate surface area is 106 Å². The molecule has 1 heterocycles. The number of alkyl halides is 3. The lowest BCUT2D eigenvalue weighted by atomic mass is 10.2. The first-order valence-corrected chi connectivity index (χ1v) is 5.70. The molecule has 1 aromatic carbocycles. The van der Waals surface area contributed by atoms with Crippen LogP contribution in [-0.2, 0) is 6.54 Å². The van der Waals surface area contributed by atoms with Crippen molar-refractivity contribution in [1.29, 1.82) is 0 Å². The van der Waals surface area contributed by atoms with E-state index in [-0.39, 0.29) is 18.5 Å². The summed E-state index contributed by atoms with van der Waals surface area (Å²) in [5, 5.41) is 6.72. The molecule has 0 aliphatic heterocycles. The second-order valence-electron chi connectivity index (χ2n) is 4.04. The lowest BCUT2D eigenvalue weighted by molar-refractivity contribution is -0.124. The van der Waals surface area contributed by atoms with E-state index in [0.717, 1.165) is 0 Å². The number of hydrogen-bond donors (Lipinski definition) is 1. The summed E-state index contributed by atoms with van der Waals surface area (Å²) in [6.45, 7) is -0.651. The van der Waals surface area contributed by atoms with Crippen molar-refractivity contribution in [2.75, 3.05) is 13.1 Å². The molecule has 19 heavy (non-hydrogen) atoms. The highest BCUT2D eigenvalue weighted by molar-refractivity contribution is 5.77. The zero-order chi connectivity index (χ0) is 13.9. The summed E-state index contributed by atoms with van der Waals surface area (Å²) < 4.78 is 37.4.